The van der Waals surface area contributed by atoms with E-state index in [0.29, 0.717) is 11.1 Å². The van der Waals surface area contributed by atoms with Gasteiger partial charge in [-0.25, -0.2) is 0 Å². The highest BCUT2D eigenvalue weighted by Crippen LogP contribution is 2.18. The molecule has 0 saturated heterocycles. The zero-order valence-electron chi connectivity index (χ0n) is 12.2. The van der Waals surface area contributed by atoms with Crippen LogP contribution >= 0.6 is 0 Å². The molecule has 0 aromatic heterocycles. The van der Waals surface area contributed by atoms with Gasteiger partial charge in [0.05, 0.1) is 20.8 Å². The lowest BCUT2D eigenvalue weighted by atomic mass is 9.95. The summed E-state index contributed by atoms with van der Waals surface area (Å²) in [6, 6.07) is 14.0. The number of Topliss-reactive ketones (excluding diaryl/α,β-unsaturated/α-hetero) is 1. The molecule has 0 bridgehead atoms. The molecular weight excluding hydrogens is 280 g/mol. The number of ketones is 1. The van der Waals surface area contributed by atoms with E-state index in [4.69, 9.17) is 0 Å². The van der Waals surface area contributed by atoms with Gasteiger partial charge in [-0.2, -0.15) is 0 Å². The van der Waals surface area contributed by atoms with Crippen LogP contribution in [0.15, 0.2) is 48.5 Å². The van der Waals surface area contributed by atoms with Gasteiger partial charge < -0.3 is 10.4 Å². The number of hydrazine groups is 1. The van der Waals surface area contributed by atoms with Gasteiger partial charge in [0.15, 0.2) is 0 Å². The molecule has 0 atom stereocenters. The van der Waals surface area contributed by atoms with Crippen LogP contribution in [0.5, 0.6) is 0 Å². The second-order valence-corrected chi connectivity index (χ2v) is 5.20. The third kappa shape index (κ3) is 1.98. The van der Waals surface area contributed by atoms with Crippen molar-refractivity contribution < 1.29 is 14.5 Å². The van der Waals surface area contributed by atoms with Crippen LogP contribution in [0, 0.1) is 24.3 Å². The van der Waals surface area contributed by atoms with Crippen molar-refractivity contribution >= 4 is 17.2 Å². The Morgan fingerprint density at radius 3 is 1.45 bits per heavy atom. The van der Waals surface area contributed by atoms with Gasteiger partial charge in [-0.15, -0.1) is 0 Å². The first-order valence-corrected chi connectivity index (χ1v) is 6.87. The summed E-state index contributed by atoms with van der Waals surface area (Å²) >= 11 is 0. The van der Waals surface area contributed by atoms with Crippen molar-refractivity contribution in [2.45, 2.75) is 13.8 Å². The van der Waals surface area contributed by atoms with Crippen molar-refractivity contribution in [1.29, 1.82) is 0 Å². The Kier molecular flexibility index (Phi) is 3.25. The van der Waals surface area contributed by atoms with Crippen LogP contribution in [0.3, 0.4) is 0 Å². The van der Waals surface area contributed by atoms with Crippen molar-refractivity contribution in [1.82, 2.24) is 0 Å². The second-order valence-electron chi connectivity index (χ2n) is 5.20. The van der Waals surface area contributed by atoms with Crippen LogP contribution in [0.25, 0.3) is 0 Å². The number of aryl methyl sites for hydroxylation is 2. The minimum atomic E-state index is -0.548. The molecule has 22 heavy (non-hydrogen) atoms. The van der Waals surface area contributed by atoms with Crippen LogP contribution in [0.4, 0.5) is 0 Å². The van der Waals surface area contributed by atoms with Crippen molar-refractivity contribution in [3.63, 3.8) is 0 Å². The Morgan fingerprint density at radius 1 is 0.727 bits per heavy atom. The first kappa shape index (κ1) is 14.0. The maximum absolute atomic E-state index is 12.7. The van der Waals surface area contributed by atoms with Gasteiger partial charge in [-0.05, 0) is 37.1 Å². The Bertz CT molecular complexity index is 781. The van der Waals surface area contributed by atoms with Gasteiger partial charge in [0.25, 0.3) is 0 Å². The lowest BCUT2D eigenvalue weighted by Crippen LogP contribution is -2.25. The quantitative estimate of drug-likeness (QED) is 0.629. The van der Waals surface area contributed by atoms with Crippen LogP contribution in [0.2, 0.25) is 0 Å². The zero-order valence-corrected chi connectivity index (χ0v) is 12.2. The SMILES string of the molecule is Cc1ccccc1C1=[N+]([O-])[N+]([O-])=C(c2ccccc2C)C1=O. The molecule has 0 unspecified atom stereocenters. The number of rotatable bonds is 2. The molecule has 0 N–H and O–H groups in total. The topological polar surface area (TPSA) is 69.2 Å². The first-order valence-electron chi connectivity index (χ1n) is 6.87. The first-order chi connectivity index (χ1) is 10.5. The maximum Gasteiger partial charge on any atom is 0.349 e. The van der Waals surface area contributed by atoms with Gasteiger partial charge in [0.2, 0.25) is 0 Å². The molecule has 110 valence electrons. The van der Waals surface area contributed by atoms with Crippen molar-refractivity contribution in [3.8, 4) is 0 Å². The number of carbonyl (C=O) groups is 1. The highest BCUT2D eigenvalue weighted by molar-refractivity contribution is 6.71. The Balaban J connectivity index is 2.16. The van der Waals surface area contributed by atoms with E-state index in [2.05, 4.69) is 0 Å². The van der Waals surface area contributed by atoms with Gasteiger partial charge in [0.1, 0.15) is 0 Å². The minimum Gasteiger partial charge on any atom is -0.561 e. The van der Waals surface area contributed by atoms with E-state index >= 15 is 0 Å². The van der Waals surface area contributed by atoms with E-state index in [9.17, 15) is 15.2 Å². The Morgan fingerprint density at radius 2 is 1.09 bits per heavy atom. The lowest BCUT2D eigenvalue weighted by Gasteiger charge is -2.01. The highest BCUT2D eigenvalue weighted by atomic mass is 16.7. The number of benzene rings is 2. The molecular formula is C17H14N2O3. The molecule has 0 radical (unpaired) electrons. The predicted octanol–water partition coefficient (Wildman–Crippen LogP) is 2.10. The summed E-state index contributed by atoms with van der Waals surface area (Å²) in [5.74, 6) is -0.548. The van der Waals surface area contributed by atoms with Crippen LogP contribution < -0.4 is 0 Å². The molecule has 1 aliphatic heterocycles. The molecule has 2 aromatic carbocycles. The van der Waals surface area contributed by atoms with Gasteiger partial charge in [0, 0.05) is 0 Å². The average molecular weight is 294 g/mol. The molecule has 5 nitrogen and oxygen atoms in total. The van der Waals surface area contributed by atoms with Crippen molar-refractivity contribution in [2.75, 3.05) is 0 Å². The van der Waals surface area contributed by atoms with E-state index in [-0.39, 0.29) is 21.1 Å². The van der Waals surface area contributed by atoms with Crippen LogP contribution in [0.1, 0.15) is 22.3 Å². The predicted molar refractivity (Wildman–Crippen MR) is 82.8 cm³/mol. The molecule has 0 spiro atoms. The lowest BCUT2D eigenvalue weighted by molar-refractivity contribution is -1.05. The Hall–Kier alpha value is -2.95. The maximum atomic E-state index is 12.7. The zero-order chi connectivity index (χ0) is 15.9. The summed E-state index contributed by atoms with van der Waals surface area (Å²) in [5, 5.41) is 24.4. The normalized spacial score (nSPS) is 14.9. The standard InChI is InChI=1S/C17H14N2O3/c1-11-7-3-5-9-13(11)15-17(20)16(19(22)18(15)21)14-10-6-4-8-12(14)2/h3-10H,1-2H3. The monoisotopic (exact) mass is 294 g/mol. The molecule has 5 heteroatoms. The van der Waals surface area contributed by atoms with E-state index in [1.165, 1.54) is 0 Å². The average Bonchev–Trinajstić information content (AvgIpc) is 2.72. The number of nitrogens with zero attached hydrogens (tertiary/aromatic N) is 2. The highest BCUT2D eigenvalue weighted by Gasteiger charge is 2.46. The smallest absolute Gasteiger partial charge is 0.349 e. The molecule has 0 saturated carbocycles. The largest absolute Gasteiger partial charge is 0.561 e. The molecule has 0 amide bonds. The Labute approximate surface area is 127 Å². The van der Waals surface area contributed by atoms with E-state index < -0.39 is 5.78 Å². The molecule has 1 heterocycles. The van der Waals surface area contributed by atoms with E-state index in [1.54, 1.807) is 50.2 Å². The third-order valence-electron chi connectivity index (χ3n) is 3.78. The molecule has 0 fully saturated rings. The van der Waals surface area contributed by atoms with Gasteiger partial charge in [-0.1, -0.05) is 36.4 Å². The fourth-order valence-electron chi connectivity index (χ4n) is 2.60. The molecule has 2 aromatic rings. The molecule has 3 rings (SSSR count). The number of hydrogen-bond acceptors (Lipinski definition) is 3. The number of hydrazone groups is 2. The fourth-order valence-corrected chi connectivity index (χ4v) is 2.60. The molecule has 0 aliphatic carbocycles. The number of carbonyl (C=O) groups excluding carboxylic acids is 1. The fraction of sp³-hybridized carbons (Fsp3) is 0.118. The second kappa shape index (κ2) is 5.11. The van der Waals surface area contributed by atoms with Gasteiger partial charge in [-0.3, -0.25) is 4.79 Å². The summed E-state index contributed by atoms with van der Waals surface area (Å²) < 4.78 is 0. The number of hydrogen-bond donors (Lipinski definition) is 0. The molecule has 1 aliphatic rings. The van der Waals surface area contributed by atoms with Crippen molar-refractivity contribution in [2.24, 2.45) is 0 Å². The van der Waals surface area contributed by atoms with Gasteiger partial charge >= 0.3 is 17.2 Å². The van der Waals surface area contributed by atoms with Crippen molar-refractivity contribution in [3.05, 3.63) is 81.2 Å². The minimum absolute atomic E-state index is 0.131. The third-order valence-corrected chi connectivity index (χ3v) is 3.78. The van der Waals surface area contributed by atoms with Crippen LogP contribution in [-0.4, -0.2) is 26.9 Å². The summed E-state index contributed by atoms with van der Waals surface area (Å²) in [4.78, 5) is 12.9. The van der Waals surface area contributed by atoms with E-state index in [1.807, 2.05) is 12.1 Å². The summed E-state index contributed by atoms with van der Waals surface area (Å²) in [6.45, 7) is 3.59. The summed E-state index contributed by atoms with van der Waals surface area (Å²) in [7, 11) is 0. The van der Waals surface area contributed by atoms with E-state index in [0.717, 1.165) is 11.1 Å². The van der Waals surface area contributed by atoms with Crippen LogP contribution in [-0.2, 0) is 4.79 Å². The summed E-state index contributed by atoms with van der Waals surface area (Å²) in [6.07, 6.45) is 0. The summed E-state index contributed by atoms with van der Waals surface area (Å²) in [5.41, 5.74) is 2.23.